The standard InChI is InChI=1S/C11H19N3O2S2/c15-18(16,8-10-1-4-12-5-2-10)14-6-3-11-7-17-9-13-11/h7,9-10,12,14H,1-6,8H2. The zero-order valence-corrected chi connectivity index (χ0v) is 11.9. The summed E-state index contributed by atoms with van der Waals surface area (Å²) < 4.78 is 26.4. The van der Waals surface area contributed by atoms with Gasteiger partial charge in [0.15, 0.2) is 0 Å². The van der Waals surface area contributed by atoms with E-state index in [0.717, 1.165) is 31.6 Å². The molecule has 2 N–H and O–H groups in total. The summed E-state index contributed by atoms with van der Waals surface area (Å²) in [5.74, 6) is 0.550. The maximum atomic E-state index is 11.9. The van der Waals surface area contributed by atoms with Crippen LogP contribution in [0.3, 0.4) is 0 Å². The lowest BCUT2D eigenvalue weighted by atomic mass is 10.0. The number of hydrogen-bond acceptors (Lipinski definition) is 5. The maximum Gasteiger partial charge on any atom is 0.211 e. The average Bonchev–Trinajstić information content (AvgIpc) is 2.82. The van der Waals surface area contributed by atoms with Gasteiger partial charge in [-0.15, -0.1) is 11.3 Å². The van der Waals surface area contributed by atoms with Crippen molar-refractivity contribution in [3.8, 4) is 0 Å². The second kappa shape index (κ2) is 6.60. The zero-order chi connectivity index (χ0) is 12.8. The van der Waals surface area contributed by atoms with Crippen LogP contribution in [0.25, 0.3) is 0 Å². The Hall–Kier alpha value is -0.500. The van der Waals surface area contributed by atoms with Crippen LogP contribution in [0.5, 0.6) is 0 Å². The fourth-order valence-corrected chi connectivity index (χ4v) is 4.19. The molecule has 0 bridgehead atoms. The summed E-state index contributed by atoms with van der Waals surface area (Å²) in [4.78, 5) is 4.13. The molecule has 2 rings (SSSR count). The Morgan fingerprint density at radius 3 is 2.89 bits per heavy atom. The average molecular weight is 289 g/mol. The SMILES string of the molecule is O=S(=O)(CC1CCNCC1)NCCc1cscn1. The molecule has 0 atom stereocenters. The van der Waals surface area contributed by atoms with E-state index in [2.05, 4.69) is 15.0 Å². The van der Waals surface area contributed by atoms with Crippen LogP contribution in [0.15, 0.2) is 10.9 Å². The highest BCUT2D eigenvalue weighted by Gasteiger charge is 2.20. The van der Waals surface area contributed by atoms with Crippen molar-refractivity contribution < 1.29 is 8.42 Å². The lowest BCUT2D eigenvalue weighted by Gasteiger charge is -2.22. The molecule has 1 fully saturated rings. The third kappa shape index (κ3) is 4.64. The van der Waals surface area contributed by atoms with E-state index >= 15 is 0 Å². The number of rotatable bonds is 6. The minimum atomic E-state index is -3.14. The molecule has 0 unspecified atom stereocenters. The van der Waals surface area contributed by atoms with E-state index in [0.29, 0.717) is 18.9 Å². The molecule has 0 spiro atoms. The van der Waals surface area contributed by atoms with Gasteiger partial charge < -0.3 is 5.32 Å². The minimum Gasteiger partial charge on any atom is -0.317 e. The number of hydrogen-bond donors (Lipinski definition) is 2. The van der Waals surface area contributed by atoms with Crippen molar-refractivity contribution in [3.05, 3.63) is 16.6 Å². The predicted molar refractivity (Wildman–Crippen MR) is 73.2 cm³/mol. The number of aromatic nitrogens is 1. The van der Waals surface area contributed by atoms with Gasteiger partial charge in [0.05, 0.1) is 17.0 Å². The fraction of sp³-hybridized carbons (Fsp3) is 0.727. The van der Waals surface area contributed by atoms with E-state index in [4.69, 9.17) is 0 Å². The quantitative estimate of drug-likeness (QED) is 0.805. The largest absolute Gasteiger partial charge is 0.317 e. The number of sulfonamides is 1. The van der Waals surface area contributed by atoms with E-state index in [1.54, 1.807) is 5.51 Å². The normalized spacial score (nSPS) is 18.0. The third-order valence-corrected chi connectivity index (χ3v) is 5.29. The van der Waals surface area contributed by atoms with Crippen molar-refractivity contribution in [2.45, 2.75) is 19.3 Å². The van der Waals surface area contributed by atoms with Gasteiger partial charge in [-0.3, -0.25) is 0 Å². The summed E-state index contributed by atoms with van der Waals surface area (Å²) >= 11 is 1.53. The number of nitrogens with zero attached hydrogens (tertiary/aromatic N) is 1. The zero-order valence-electron chi connectivity index (χ0n) is 10.3. The molecule has 0 radical (unpaired) electrons. The van der Waals surface area contributed by atoms with Crippen LogP contribution < -0.4 is 10.0 Å². The van der Waals surface area contributed by atoms with Crippen LogP contribution in [0.2, 0.25) is 0 Å². The highest BCUT2D eigenvalue weighted by atomic mass is 32.2. The summed E-state index contributed by atoms with van der Waals surface area (Å²) in [7, 11) is -3.14. The van der Waals surface area contributed by atoms with Crippen molar-refractivity contribution in [1.82, 2.24) is 15.0 Å². The van der Waals surface area contributed by atoms with E-state index in [-0.39, 0.29) is 5.75 Å². The Morgan fingerprint density at radius 1 is 1.44 bits per heavy atom. The Kier molecular flexibility index (Phi) is 5.11. The van der Waals surface area contributed by atoms with Gasteiger partial charge in [0.1, 0.15) is 0 Å². The van der Waals surface area contributed by atoms with Gasteiger partial charge in [0.2, 0.25) is 10.0 Å². The molecular weight excluding hydrogens is 270 g/mol. The molecule has 2 heterocycles. The number of nitrogens with one attached hydrogen (secondary N) is 2. The first-order chi connectivity index (χ1) is 8.66. The lowest BCUT2D eigenvalue weighted by Crippen LogP contribution is -2.36. The van der Waals surface area contributed by atoms with Gasteiger partial charge in [-0.05, 0) is 31.8 Å². The molecule has 18 heavy (non-hydrogen) atoms. The molecule has 1 aliphatic heterocycles. The summed E-state index contributed by atoms with van der Waals surface area (Å²) in [6.07, 6.45) is 2.56. The van der Waals surface area contributed by atoms with Gasteiger partial charge in [0, 0.05) is 18.3 Å². The van der Waals surface area contributed by atoms with Crippen LogP contribution in [0.1, 0.15) is 18.5 Å². The molecule has 0 amide bonds. The van der Waals surface area contributed by atoms with E-state index in [9.17, 15) is 8.42 Å². The third-order valence-electron chi connectivity index (χ3n) is 3.10. The van der Waals surface area contributed by atoms with E-state index in [1.807, 2.05) is 5.38 Å². The monoisotopic (exact) mass is 289 g/mol. The molecule has 1 saturated heterocycles. The molecule has 0 aromatic carbocycles. The molecular formula is C11H19N3O2S2. The first-order valence-electron chi connectivity index (χ1n) is 6.21. The topological polar surface area (TPSA) is 71.1 Å². The molecule has 102 valence electrons. The summed E-state index contributed by atoms with van der Waals surface area (Å²) in [5, 5.41) is 5.19. The lowest BCUT2D eigenvalue weighted by molar-refractivity contribution is 0.400. The van der Waals surface area contributed by atoms with E-state index in [1.165, 1.54) is 11.3 Å². The van der Waals surface area contributed by atoms with Crippen LogP contribution in [0, 0.1) is 5.92 Å². The highest BCUT2D eigenvalue weighted by Crippen LogP contribution is 2.13. The van der Waals surface area contributed by atoms with Crippen LogP contribution in [-0.4, -0.2) is 38.8 Å². The number of piperidine rings is 1. The fourth-order valence-electron chi connectivity index (χ4n) is 2.11. The Morgan fingerprint density at radius 2 is 2.22 bits per heavy atom. The van der Waals surface area contributed by atoms with Crippen molar-refractivity contribution in [2.75, 3.05) is 25.4 Å². The highest BCUT2D eigenvalue weighted by molar-refractivity contribution is 7.89. The molecule has 1 aliphatic rings. The Bertz CT molecular complexity index is 439. The molecule has 0 saturated carbocycles. The van der Waals surface area contributed by atoms with E-state index < -0.39 is 10.0 Å². The van der Waals surface area contributed by atoms with Crippen LogP contribution in [-0.2, 0) is 16.4 Å². The van der Waals surface area contributed by atoms with Gasteiger partial charge >= 0.3 is 0 Å². The maximum absolute atomic E-state index is 11.9. The van der Waals surface area contributed by atoms with Crippen LogP contribution >= 0.6 is 11.3 Å². The van der Waals surface area contributed by atoms with Crippen molar-refractivity contribution in [2.24, 2.45) is 5.92 Å². The van der Waals surface area contributed by atoms with Crippen molar-refractivity contribution in [1.29, 1.82) is 0 Å². The predicted octanol–water partition coefficient (Wildman–Crippen LogP) is 0.605. The van der Waals surface area contributed by atoms with Gasteiger partial charge in [-0.25, -0.2) is 18.1 Å². The Balaban J connectivity index is 1.73. The smallest absolute Gasteiger partial charge is 0.211 e. The first-order valence-corrected chi connectivity index (χ1v) is 8.80. The van der Waals surface area contributed by atoms with Gasteiger partial charge in [-0.1, -0.05) is 0 Å². The summed E-state index contributed by atoms with van der Waals surface area (Å²) in [6.45, 7) is 2.30. The van der Waals surface area contributed by atoms with Crippen molar-refractivity contribution >= 4 is 21.4 Å². The van der Waals surface area contributed by atoms with Crippen molar-refractivity contribution in [3.63, 3.8) is 0 Å². The van der Waals surface area contributed by atoms with Crippen LogP contribution in [0.4, 0.5) is 0 Å². The first kappa shape index (κ1) is 13.9. The second-order valence-electron chi connectivity index (χ2n) is 4.60. The van der Waals surface area contributed by atoms with Gasteiger partial charge in [-0.2, -0.15) is 0 Å². The molecule has 0 aliphatic carbocycles. The molecule has 7 heteroatoms. The summed E-state index contributed by atoms with van der Waals surface area (Å²) in [5.41, 5.74) is 2.71. The molecule has 1 aromatic heterocycles. The summed E-state index contributed by atoms with van der Waals surface area (Å²) in [6, 6.07) is 0. The van der Waals surface area contributed by atoms with Gasteiger partial charge in [0.25, 0.3) is 0 Å². The number of thiazole rings is 1. The minimum absolute atomic E-state index is 0.256. The Labute approximate surface area is 112 Å². The second-order valence-corrected chi connectivity index (χ2v) is 7.17. The molecule has 1 aromatic rings. The molecule has 5 nitrogen and oxygen atoms in total.